The molecular formula is C31H38FN3O3. The van der Waals surface area contributed by atoms with Crippen LogP contribution in [0, 0.1) is 5.82 Å². The maximum atomic E-state index is 13.9. The van der Waals surface area contributed by atoms with E-state index in [-0.39, 0.29) is 30.0 Å². The predicted octanol–water partition coefficient (Wildman–Crippen LogP) is 5.52. The molecule has 1 aliphatic carbocycles. The molecule has 1 aliphatic rings. The second-order valence-corrected chi connectivity index (χ2v) is 10.0. The summed E-state index contributed by atoms with van der Waals surface area (Å²) in [6.45, 7) is 2.01. The SMILES string of the molecule is COCCCN(CC(=O)N(Cc1cccn1Cc1ccccc1)C1CCCCC1)C(=O)c1cccc(F)c1. The summed E-state index contributed by atoms with van der Waals surface area (Å²) in [4.78, 5) is 30.8. The van der Waals surface area contributed by atoms with Gasteiger partial charge in [-0.05, 0) is 55.2 Å². The highest BCUT2D eigenvalue weighted by Gasteiger charge is 2.29. The minimum atomic E-state index is -0.470. The average Bonchev–Trinajstić information content (AvgIpc) is 3.38. The van der Waals surface area contributed by atoms with E-state index in [0.29, 0.717) is 26.1 Å². The monoisotopic (exact) mass is 519 g/mol. The van der Waals surface area contributed by atoms with E-state index in [0.717, 1.165) is 37.9 Å². The van der Waals surface area contributed by atoms with Crippen LogP contribution in [0.5, 0.6) is 0 Å². The molecule has 6 nitrogen and oxygen atoms in total. The minimum absolute atomic E-state index is 0.0467. The number of nitrogens with zero attached hydrogens (tertiary/aromatic N) is 3. The third-order valence-corrected chi connectivity index (χ3v) is 7.25. The molecule has 1 aromatic heterocycles. The number of ether oxygens (including phenoxy) is 1. The van der Waals surface area contributed by atoms with Crippen LogP contribution in [0.4, 0.5) is 4.39 Å². The molecule has 0 bridgehead atoms. The van der Waals surface area contributed by atoms with Crippen molar-refractivity contribution in [1.29, 1.82) is 0 Å². The lowest BCUT2D eigenvalue weighted by Crippen LogP contribution is -2.48. The van der Waals surface area contributed by atoms with Crippen LogP contribution >= 0.6 is 0 Å². The third-order valence-electron chi connectivity index (χ3n) is 7.25. The first-order chi connectivity index (χ1) is 18.5. The van der Waals surface area contributed by atoms with E-state index >= 15 is 0 Å². The summed E-state index contributed by atoms with van der Waals surface area (Å²) < 4.78 is 21.2. The molecule has 0 saturated heterocycles. The topological polar surface area (TPSA) is 54.8 Å². The summed E-state index contributed by atoms with van der Waals surface area (Å²) in [6, 6.07) is 20.2. The van der Waals surface area contributed by atoms with Crippen molar-refractivity contribution in [2.75, 3.05) is 26.8 Å². The molecule has 2 amide bonds. The van der Waals surface area contributed by atoms with Crippen LogP contribution in [0.25, 0.3) is 0 Å². The molecule has 0 N–H and O–H groups in total. The number of hydrogen-bond acceptors (Lipinski definition) is 3. The molecule has 0 radical (unpaired) electrons. The minimum Gasteiger partial charge on any atom is -0.385 e. The lowest BCUT2D eigenvalue weighted by atomic mass is 9.94. The van der Waals surface area contributed by atoms with Crippen molar-refractivity contribution in [3.8, 4) is 0 Å². The Kier molecular flexibility index (Phi) is 10.1. The lowest BCUT2D eigenvalue weighted by Gasteiger charge is -2.36. The highest BCUT2D eigenvalue weighted by atomic mass is 19.1. The Morgan fingerprint density at radius 3 is 2.53 bits per heavy atom. The molecule has 1 saturated carbocycles. The number of carbonyl (C=O) groups excluding carboxylic acids is 2. The van der Waals surface area contributed by atoms with Gasteiger partial charge >= 0.3 is 0 Å². The molecule has 4 rings (SSSR count). The highest BCUT2D eigenvalue weighted by Crippen LogP contribution is 2.25. The van der Waals surface area contributed by atoms with Gasteiger partial charge in [-0.25, -0.2) is 4.39 Å². The van der Waals surface area contributed by atoms with Gasteiger partial charge in [0.1, 0.15) is 12.4 Å². The van der Waals surface area contributed by atoms with Gasteiger partial charge in [-0.3, -0.25) is 9.59 Å². The number of aromatic nitrogens is 1. The molecule has 38 heavy (non-hydrogen) atoms. The van der Waals surface area contributed by atoms with Crippen molar-refractivity contribution in [2.45, 2.75) is 57.7 Å². The second-order valence-electron chi connectivity index (χ2n) is 10.0. The summed E-state index contributed by atoms with van der Waals surface area (Å²) in [5.41, 5.74) is 2.51. The van der Waals surface area contributed by atoms with Crippen LogP contribution in [-0.4, -0.2) is 59.0 Å². The van der Waals surface area contributed by atoms with Crippen molar-refractivity contribution in [3.63, 3.8) is 0 Å². The van der Waals surface area contributed by atoms with E-state index in [1.807, 2.05) is 29.2 Å². The Hall–Kier alpha value is -3.45. The number of rotatable bonds is 12. The lowest BCUT2D eigenvalue weighted by molar-refractivity contribution is -0.135. The van der Waals surface area contributed by atoms with Gasteiger partial charge in [-0.2, -0.15) is 0 Å². The van der Waals surface area contributed by atoms with Gasteiger partial charge in [0, 0.05) is 50.3 Å². The fourth-order valence-corrected chi connectivity index (χ4v) is 5.23. The summed E-state index contributed by atoms with van der Waals surface area (Å²) >= 11 is 0. The standard InChI is InChI=1S/C31H38FN3O3/c1-38-20-10-19-34(31(37)26-13-8-14-27(32)21-26)24-30(36)35(28-15-6-3-7-16-28)23-29-17-9-18-33(29)22-25-11-4-2-5-12-25/h2,4-5,8-9,11-14,17-18,21,28H,3,6-7,10,15-16,19-20,22-24H2,1H3. The van der Waals surface area contributed by atoms with Gasteiger partial charge in [-0.1, -0.05) is 55.7 Å². The smallest absolute Gasteiger partial charge is 0.254 e. The first-order valence-corrected chi connectivity index (χ1v) is 13.6. The first kappa shape index (κ1) is 27.6. The molecular weight excluding hydrogens is 481 g/mol. The Bertz CT molecular complexity index is 1170. The second kappa shape index (κ2) is 13.9. The van der Waals surface area contributed by atoms with Crippen molar-refractivity contribution in [1.82, 2.24) is 14.4 Å². The number of benzene rings is 2. The summed E-state index contributed by atoms with van der Waals surface area (Å²) in [5.74, 6) is -0.890. The highest BCUT2D eigenvalue weighted by molar-refractivity contribution is 5.96. The predicted molar refractivity (Wildman–Crippen MR) is 146 cm³/mol. The number of carbonyl (C=O) groups is 2. The zero-order valence-electron chi connectivity index (χ0n) is 22.2. The molecule has 202 valence electrons. The normalized spacial score (nSPS) is 13.8. The van der Waals surface area contributed by atoms with Crippen LogP contribution in [0.15, 0.2) is 72.9 Å². The van der Waals surface area contributed by atoms with Crippen molar-refractivity contribution >= 4 is 11.8 Å². The Morgan fingerprint density at radius 2 is 1.79 bits per heavy atom. The summed E-state index contributed by atoms with van der Waals surface area (Å²) in [5, 5.41) is 0. The van der Waals surface area contributed by atoms with Gasteiger partial charge in [0.2, 0.25) is 5.91 Å². The van der Waals surface area contributed by atoms with Crippen molar-refractivity contribution in [2.24, 2.45) is 0 Å². The fourth-order valence-electron chi connectivity index (χ4n) is 5.23. The van der Waals surface area contributed by atoms with E-state index in [9.17, 15) is 14.0 Å². The quantitative estimate of drug-likeness (QED) is 0.296. The van der Waals surface area contributed by atoms with Crippen LogP contribution in [-0.2, 0) is 22.6 Å². The molecule has 2 aromatic carbocycles. The zero-order valence-corrected chi connectivity index (χ0v) is 22.2. The van der Waals surface area contributed by atoms with Crippen LogP contribution in [0.1, 0.15) is 60.1 Å². The van der Waals surface area contributed by atoms with E-state index < -0.39 is 5.82 Å². The van der Waals surface area contributed by atoms with Gasteiger partial charge in [0.15, 0.2) is 0 Å². The maximum Gasteiger partial charge on any atom is 0.254 e. The molecule has 0 aliphatic heterocycles. The number of amides is 2. The Morgan fingerprint density at radius 1 is 1.00 bits per heavy atom. The zero-order chi connectivity index (χ0) is 26.7. The molecule has 1 fully saturated rings. The molecule has 0 atom stereocenters. The maximum absolute atomic E-state index is 13.9. The third kappa shape index (κ3) is 7.54. The number of hydrogen-bond donors (Lipinski definition) is 0. The van der Waals surface area contributed by atoms with Crippen LogP contribution < -0.4 is 0 Å². The number of halogens is 1. The van der Waals surface area contributed by atoms with Crippen molar-refractivity contribution < 1.29 is 18.7 Å². The van der Waals surface area contributed by atoms with E-state index in [2.05, 4.69) is 29.0 Å². The van der Waals surface area contributed by atoms with E-state index in [1.165, 1.54) is 35.1 Å². The largest absolute Gasteiger partial charge is 0.385 e. The van der Waals surface area contributed by atoms with Gasteiger partial charge in [0.05, 0.1) is 6.54 Å². The average molecular weight is 520 g/mol. The van der Waals surface area contributed by atoms with Crippen LogP contribution in [0.3, 0.4) is 0 Å². The molecule has 0 spiro atoms. The van der Waals surface area contributed by atoms with Gasteiger partial charge < -0.3 is 19.1 Å². The van der Waals surface area contributed by atoms with E-state index in [1.54, 1.807) is 13.2 Å². The Balaban J connectivity index is 1.54. The molecule has 7 heteroatoms. The van der Waals surface area contributed by atoms with Crippen LogP contribution in [0.2, 0.25) is 0 Å². The Labute approximate surface area is 225 Å². The molecule has 0 unspecified atom stereocenters. The van der Waals surface area contributed by atoms with Crippen molar-refractivity contribution in [3.05, 3.63) is 95.6 Å². The summed E-state index contributed by atoms with van der Waals surface area (Å²) in [7, 11) is 1.61. The van der Waals surface area contributed by atoms with Gasteiger partial charge in [0.25, 0.3) is 5.91 Å². The summed E-state index contributed by atoms with van der Waals surface area (Å²) in [6.07, 6.45) is 7.95. The number of methoxy groups -OCH3 is 1. The molecule has 1 heterocycles. The fraction of sp³-hybridized carbons (Fsp3) is 0.419. The molecule has 3 aromatic rings. The van der Waals surface area contributed by atoms with E-state index in [4.69, 9.17) is 4.74 Å². The van der Waals surface area contributed by atoms with Gasteiger partial charge in [-0.15, -0.1) is 0 Å². The first-order valence-electron chi connectivity index (χ1n) is 13.6.